The van der Waals surface area contributed by atoms with E-state index < -0.39 is 11.8 Å². The van der Waals surface area contributed by atoms with Crippen molar-refractivity contribution in [3.63, 3.8) is 0 Å². The minimum Gasteiger partial charge on any atom is -0.340 e. The SMILES string of the molecule is O=C(C1CC(F)(F)C1)N1CCc2cc(-c3nccc(Nc4ccc(-c5cn[nH]c5)cc4)n3)ccc2C1. The Bertz CT molecular complexity index is 1400. The van der Waals surface area contributed by atoms with Gasteiger partial charge in [-0.25, -0.2) is 18.7 Å². The van der Waals surface area contributed by atoms with Crippen LogP contribution in [0.25, 0.3) is 22.5 Å². The number of nitrogens with one attached hydrogen (secondary N) is 2. The van der Waals surface area contributed by atoms with Crippen LogP contribution in [0.5, 0.6) is 0 Å². The highest BCUT2D eigenvalue weighted by molar-refractivity contribution is 5.80. The fourth-order valence-corrected chi connectivity index (χ4v) is 4.84. The molecule has 0 spiro atoms. The van der Waals surface area contributed by atoms with Gasteiger partial charge in [-0.1, -0.05) is 24.3 Å². The number of fused-ring (bicyclic) bond motifs is 1. The Labute approximate surface area is 206 Å². The summed E-state index contributed by atoms with van der Waals surface area (Å²) in [5, 5.41) is 10.1. The number of carbonyl (C=O) groups is 1. The molecule has 2 aliphatic rings. The maximum absolute atomic E-state index is 13.2. The molecule has 9 heteroatoms. The molecule has 1 saturated carbocycles. The number of benzene rings is 2. The Morgan fingerprint density at radius 3 is 2.58 bits per heavy atom. The standard InChI is InChI=1S/C27H24F2N6O/c28-27(29)12-21(13-27)26(36)35-10-8-18-11-19(1-2-20(18)16-35)25-30-9-7-24(34-25)33-23-5-3-17(4-6-23)22-14-31-32-15-22/h1-7,9,11,14-15,21H,8,10,12-13,16H2,(H,31,32)(H,30,33,34). The highest BCUT2D eigenvalue weighted by atomic mass is 19.3. The summed E-state index contributed by atoms with van der Waals surface area (Å²) in [5.41, 5.74) is 6.06. The number of aromatic amines is 1. The molecular weight excluding hydrogens is 462 g/mol. The molecule has 1 amide bonds. The lowest BCUT2D eigenvalue weighted by molar-refractivity contribution is -0.160. The second kappa shape index (κ2) is 8.82. The van der Waals surface area contributed by atoms with Crippen LogP contribution < -0.4 is 5.32 Å². The molecule has 1 fully saturated rings. The molecule has 3 heterocycles. The maximum Gasteiger partial charge on any atom is 0.249 e. The second-order valence-electron chi connectivity index (χ2n) is 9.41. The molecule has 6 rings (SSSR count). The third-order valence-electron chi connectivity index (χ3n) is 6.87. The van der Waals surface area contributed by atoms with Crippen LogP contribution in [0.2, 0.25) is 0 Å². The van der Waals surface area contributed by atoms with Crippen LogP contribution in [0, 0.1) is 5.92 Å². The molecule has 2 aromatic carbocycles. The number of rotatable bonds is 5. The maximum atomic E-state index is 13.2. The van der Waals surface area contributed by atoms with Gasteiger partial charge < -0.3 is 10.2 Å². The molecule has 0 unspecified atom stereocenters. The van der Waals surface area contributed by atoms with E-state index in [0.29, 0.717) is 31.2 Å². The predicted octanol–water partition coefficient (Wildman–Crippen LogP) is 5.21. The van der Waals surface area contributed by atoms with Crippen molar-refractivity contribution in [1.29, 1.82) is 0 Å². The minimum atomic E-state index is -2.68. The Balaban J connectivity index is 1.14. The molecule has 0 radical (unpaired) electrons. The van der Waals surface area contributed by atoms with Crippen molar-refractivity contribution in [2.75, 3.05) is 11.9 Å². The highest BCUT2D eigenvalue weighted by Gasteiger charge is 2.49. The molecule has 36 heavy (non-hydrogen) atoms. The van der Waals surface area contributed by atoms with E-state index in [-0.39, 0.29) is 18.7 Å². The van der Waals surface area contributed by atoms with E-state index in [4.69, 9.17) is 0 Å². The summed E-state index contributed by atoms with van der Waals surface area (Å²) >= 11 is 0. The van der Waals surface area contributed by atoms with Gasteiger partial charge in [0.2, 0.25) is 11.8 Å². The van der Waals surface area contributed by atoms with E-state index in [1.54, 1.807) is 17.3 Å². The van der Waals surface area contributed by atoms with Crippen LogP contribution in [-0.4, -0.2) is 43.4 Å². The summed E-state index contributed by atoms with van der Waals surface area (Å²) in [5.74, 6) is -2.10. The average Bonchev–Trinajstić information content (AvgIpc) is 3.42. The fourth-order valence-electron chi connectivity index (χ4n) is 4.84. The molecule has 4 aromatic rings. The molecule has 0 bridgehead atoms. The van der Waals surface area contributed by atoms with Crippen LogP contribution in [0.3, 0.4) is 0 Å². The van der Waals surface area contributed by atoms with E-state index in [9.17, 15) is 13.6 Å². The number of anilines is 2. The van der Waals surface area contributed by atoms with E-state index in [1.165, 1.54) is 0 Å². The summed E-state index contributed by atoms with van der Waals surface area (Å²) < 4.78 is 26.4. The molecule has 0 saturated heterocycles. The number of alkyl halides is 2. The quantitative estimate of drug-likeness (QED) is 0.405. The van der Waals surface area contributed by atoms with Crippen molar-refractivity contribution in [2.24, 2.45) is 5.92 Å². The Kier molecular flexibility index (Phi) is 5.47. The van der Waals surface area contributed by atoms with E-state index >= 15 is 0 Å². The van der Waals surface area contributed by atoms with Crippen LogP contribution in [-0.2, 0) is 17.8 Å². The Morgan fingerprint density at radius 1 is 1.03 bits per heavy atom. The zero-order chi connectivity index (χ0) is 24.7. The third kappa shape index (κ3) is 4.44. The van der Waals surface area contributed by atoms with Gasteiger partial charge in [0.1, 0.15) is 5.82 Å². The monoisotopic (exact) mass is 486 g/mol. The van der Waals surface area contributed by atoms with Crippen molar-refractivity contribution in [2.45, 2.75) is 31.7 Å². The molecule has 182 valence electrons. The predicted molar refractivity (Wildman–Crippen MR) is 132 cm³/mol. The van der Waals surface area contributed by atoms with Crippen molar-refractivity contribution in [1.82, 2.24) is 25.1 Å². The molecule has 2 aromatic heterocycles. The summed E-state index contributed by atoms with van der Waals surface area (Å²) in [6, 6.07) is 15.8. The highest BCUT2D eigenvalue weighted by Crippen LogP contribution is 2.43. The summed E-state index contributed by atoms with van der Waals surface area (Å²) in [4.78, 5) is 23.4. The van der Waals surface area contributed by atoms with Crippen LogP contribution in [0.15, 0.2) is 67.1 Å². The lowest BCUT2D eigenvalue weighted by Gasteiger charge is -2.38. The zero-order valence-corrected chi connectivity index (χ0v) is 19.4. The average molecular weight is 487 g/mol. The number of nitrogens with zero attached hydrogens (tertiary/aromatic N) is 4. The second-order valence-corrected chi connectivity index (χ2v) is 9.41. The molecule has 1 aliphatic carbocycles. The van der Waals surface area contributed by atoms with Gasteiger partial charge in [0.15, 0.2) is 5.82 Å². The molecule has 2 N–H and O–H groups in total. The fraction of sp³-hybridized carbons (Fsp3) is 0.259. The van der Waals surface area contributed by atoms with Gasteiger partial charge in [-0.05, 0) is 47.4 Å². The number of hydrogen-bond acceptors (Lipinski definition) is 5. The lowest BCUT2D eigenvalue weighted by Crippen LogP contribution is -2.48. The Hall–Kier alpha value is -4.14. The first kappa shape index (κ1) is 22.3. The first-order valence-corrected chi connectivity index (χ1v) is 11.9. The van der Waals surface area contributed by atoms with Gasteiger partial charge >= 0.3 is 0 Å². The van der Waals surface area contributed by atoms with Crippen LogP contribution in [0.1, 0.15) is 24.0 Å². The molecule has 0 atom stereocenters. The Morgan fingerprint density at radius 2 is 1.83 bits per heavy atom. The van der Waals surface area contributed by atoms with Gasteiger partial charge in [0.05, 0.1) is 6.20 Å². The lowest BCUT2D eigenvalue weighted by atomic mass is 9.80. The number of halogens is 2. The number of H-pyrrole nitrogens is 1. The van der Waals surface area contributed by atoms with Gasteiger partial charge in [-0.2, -0.15) is 5.10 Å². The molecule has 1 aliphatic heterocycles. The number of aromatic nitrogens is 4. The van der Waals surface area contributed by atoms with Crippen molar-refractivity contribution in [3.8, 4) is 22.5 Å². The van der Waals surface area contributed by atoms with Crippen molar-refractivity contribution in [3.05, 3.63) is 78.2 Å². The largest absolute Gasteiger partial charge is 0.340 e. The van der Waals surface area contributed by atoms with Crippen molar-refractivity contribution >= 4 is 17.4 Å². The number of amides is 1. The van der Waals surface area contributed by atoms with Gasteiger partial charge in [-0.3, -0.25) is 9.89 Å². The molecule has 7 nitrogen and oxygen atoms in total. The third-order valence-corrected chi connectivity index (χ3v) is 6.87. The van der Waals surface area contributed by atoms with Gasteiger partial charge in [0.25, 0.3) is 0 Å². The van der Waals surface area contributed by atoms with Crippen LogP contribution >= 0.6 is 0 Å². The molecular formula is C27H24F2N6O. The summed E-state index contributed by atoms with van der Waals surface area (Å²) in [6.07, 6.45) is 5.37. The van der Waals surface area contributed by atoms with Gasteiger partial charge in [-0.15, -0.1) is 0 Å². The topological polar surface area (TPSA) is 86.8 Å². The number of hydrogen-bond donors (Lipinski definition) is 2. The first-order valence-electron chi connectivity index (χ1n) is 11.9. The van der Waals surface area contributed by atoms with Crippen molar-refractivity contribution < 1.29 is 13.6 Å². The minimum absolute atomic E-state index is 0.157. The first-order chi connectivity index (χ1) is 17.4. The summed E-state index contributed by atoms with van der Waals surface area (Å²) in [7, 11) is 0. The summed E-state index contributed by atoms with van der Waals surface area (Å²) in [6.45, 7) is 0.989. The van der Waals surface area contributed by atoms with Crippen LogP contribution in [0.4, 0.5) is 20.3 Å². The number of carbonyl (C=O) groups excluding carboxylic acids is 1. The van der Waals surface area contributed by atoms with E-state index in [1.807, 2.05) is 48.7 Å². The smallest absolute Gasteiger partial charge is 0.249 e. The van der Waals surface area contributed by atoms with E-state index in [2.05, 4.69) is 31.5 Å². The van der Waals surface area contributed by atoms with E-state index in [0.717, 1.165) is 33.5 Å². The zero-order valence-electron chi connectivity index (χ0n) is 19.4. The normalized spacial score (nSPS) is 16.8. The van der Waals surface area contributed by atoms with Gasteiger partial charge in [0, 0.05) is 61.1 Å².